The minimum atomic E-state index is -1.64. The van der Waals surface area contributed by atoms with Crippen LogP contribution in [0.15, 0.2) is 42.7 Å². The van der Waals surface area contributed by atoms with E-state index in [9.17, 15) is 9.90 Å². The zero-order chi connectivity index (χ0) is 15.5. The minimum absolute atomic E-state index is 0.0847. The van der Waals surface area contributed by atoms with Crippen LogP contribution in [0.3, 0.4) is 0 Å². The van der Waals surface area contributed by atoms with Crippen molar-refractivity contribution in [3.8, 4) is 0 Å². The second kappa shape index (κ2) is 6.56. The van der Waals surface area contributed by atoms with Crippen LogP contribution >= 0.6 is 23.2 Å². The molecule has 2 rings (SSSR count). The first-order valence-corrected chi connectivity index (χ1v) is 7.33. The van der Waals surface area contributed by atoms with Crippen molar-refractivity contribution in [1.82, 2.24) is 4.98 Å². The Morgan fingerprint density at radius 1 is 1.33 bits per heavy atom. The van der Waals surface area contributed by atoms with Gasteiger partial charge >= 0.3 is 0 Å². The molecule has 1 aromatic heterocycles. The molecule has 0 aliphatic heterocycles. The molecule has 3 nitrogen and oxygen atoms in total. The van der Waals surface area contributed by atoms with E-state index in [1.54, 1.807) is 43.5 Å². The van der Waals surface area contributed by atoms with Gasteiger partial charge in [-0.3, -0.25) is 9.78 Å². The lowest BCUT2D eigenvalue weighted by Crippen LogP contribution is -2.37. The van der Waals surface area contributed by atoms with E-state index in [-0.39, 0.29) is 18.6 Å². The number of halogens is 2. The monoisotopic (exact) mass is 323 g/mol. The third kappa shape index (κ3) is 3.43. The summed E-state index contributed by atoms with van der Waals surface area (Å²) in [5, 5.41) is 11.9. The van der Waals surface area contributed by atoms with Crippen LogP contribution in [0, 0.1) is 0 Å². The fraction of sp³-hybridized carbons (Fsp3) is 0.250. The third-order valence-electron chi connectivity index (χ3n) is 3.38. The van der Waals surface area contributed by atoms with Gasteiger partial charge in [0.25, 0.3) is 0 Å². The number of carbonyl (C=O) groups excluding carboxylic acids is 1. The normalized spacial score (nSPS) is 13.7. The van der Waals surface area contributed by atoms with Crippen LogP contribution in [0.2, 0.25) is 10.0 Å². The highest BCUT2D eigenvalue weighted by Gasteiger charge is 2.37. The summed E-state index contributed by atoms with van der Waals surface area (Å²) in [7, 11) is 0. The van der Waals surface area contributed by atoms with Gasteiger partial charge in [-0.1, -0.05) is 42.3 Å². The molecule has 0 aliphatic rings. The summed E-state index contributed by atoms with van der Waals surface area (Å²) in [5.74, 6) is -0.276. The van der Waals surface area contributed by atoms with Crippen LogP contribution in [0.1, 0.15) is 24.5 Å². The van der Waals surface area contributed by atoms with Crippen molar-refractivity contribution in [2.45, 2.75) is 25.4 Å². The van der Waals surface area contributed by atoms with Gasteiger partial charge in [0.1, 0.15) is 0 Å². The zero-order valence-corrected chi connectivity index (χ0v) is 13.0. The van der Waals surface area contributed by atoms with E-state index in [0.717, 1.165) is 0 Å². The van der Waals surface area contributed by atoms with Gasteiger partial charge in [0.2, 0.25) is 0 Å². The maximum Gasteiger partial charge on any atom is 0.169 e. The van der Waals surface area contributed by atoms with E-state index < -0.39 is 5.60 Å². The number of aliphatic hydroxyl groups is 1. The molecule has 5 heteroatoms. The number of hydrogen-bond donors (Lipinski definition) is 1. The second-order valence-electron chi connectivity index (χ2n) is 4.79. The molecular formula is C16H15Cl2NO2. The molecule has 0 saturated heterocycles. The van der Waals surface area contributed by atoms with Crippen molar-refractivity contribution < 1.29 is 9.90 Å². The predicted octanol–water partition coefficient (Wildman–Crippen LogP) is 3.80. The Bertz CT molecular complexity index is 646. The molecule has 0 radical (unpaired) electrons. The SMILES string of the molecule is CCC(=O)C(O)(Cc1ccc(Cl)cc1Cl)c1cccnc1. The smallest absolute Gasteiger partial charge is 0.169 e. The van der Waals surface area contributed by atoms with E-state index >= 15 is 0 Å². The molecule has 1 aromatic carbocycles. The summed E-state index contributed by atoms with van der Waals surface area (Å²) < 4.78 is 0. The standard InChI is InChI=1S/C16H15Cl2NO2/c1-2-15(20)16(21,12-4-3-7-19-10-12)9-11-5-6-13(17)8-14(11)18/h3-8,10,21H,2,9H2,1H3. The van der Waals surface area contributed by atoms with Crippen molar-refractivity contribution >= 4 is 29.0 Å². The number of rotatable bonds is 5. The van der Waals surface area contributed by atoms with Crippen LogP contribution in [0.5, 0.6) is 0 Å². The van der Waals surface area contributed by atoms with E-state index in [1.807, 2.05) is 0 Å². The number of nitrogens with zero attached hydrogens (tertiary/aromatic N) is 1. The fourth-order valence-electron chi connectivity index (χ4n) is 2.20. The molecule has 2 aromatic rings. The lowest BCUT2D eigenvalue weighted by Gasteiger charge is -2.27. The van der Waals surface area contributed by atoms with E-state index in [4.69, 9.17) is 23.2 Å². The van der Waals surface area contributed by atoms with E-state index in [0.29, 0.717) is 21.2 Å². The van der Waals surface area contributed by atoms with Gasteiger partial charge < -0.3 is 5.11 Å². The van der Waals surface area contributed by atoms with Crippen LogP contribution in [-0.4, -0.2) is 15.9 Å². The number of ketones is 1. The largest absolute Gasteiger partial charge is 0.377 e. The summed E-state index contributed by atoms with van der Waals surface area (Å²) in [6.45, 7) is 1.72. The molecule has 0 saturated carbocycles. The summed E-state index contributed by atoms with van der Waals surface area (Å²) in [6, 6.07) is 8.37. The van der Waals surface area contributed by atoms with Gasteiger partial charge in [0.15, 0.2) is 11.4 Å². The Kier molecular flexibility index (Phi) is 4.99. The number of hydrogen-bond acceptors (Lipinski definition) is 3. The average molecular weight is 324 g/mol. The van der Waals surface area contributed by atoms with E-state index in [1.165, 1.54) is 6.20 Å². The number of pyridine rings is 1. The lowest BCUT2D eigenvalue weighted by molar-refractivity contribution is -0.138. The Labute approximate surface area is 133 Å². The number of aromatic nitrogens is 1. The molecule has 0 aliphatic carbocycles. The molecule has 0 spiro atoms. The summed E-state index contributed by atoms with van der Waals surface area (Å²) in [5.41, 5.74) is -0.516. The highest BCUT2D eigenvalue weighted by Crippen LogP contribution is 2.31. The van der Waals surface area contributed by atoms with Crippen molar-refractivity contribution in [2.24, 2.45) is 0 Å². The molecule has 0 fully saturated rings. The molecule has 1 atom stereocenters. The van der Waals surface area contributed by atoms with Crippen molar-refractivity contribution in [1.29, 1.82) is 0 Å². The zero-order valence-electron chi connectivity index (χ0n) is 11.5. The highest BCUT2D eigenvalue weighted by molar-refractivity contribution is 6.35. The first-order chi connectivity index (χ1) is 9.97. The molecule has 1 heterocycles. The van der Waals surface area contributed by atoms with Gasteiger partial charge in [-0.25, -0.2) is 0 Å². The molecule has 1 unspecified atom stereocenters. The highest BCUT2D eigenvalue weighted by atomic mass is 35.5. The number of carbonyl (C=O) groups is 1. The maximum absolute atomic E-state index is 12.3. The Balaban J connectivity index is 2.44. The summed E-state index contributed by atoms with van der Waals surface area (Å²) in [6.07, 6.45) is 3.39. The Morgan fingerprint density at radius 3 is 2.67 bits per heavy atom. The van der Waals surface area contributed by atoms with Crippen LogP contribution in [-0.2, 0) is 16.8 Å². The predicted molar refractivity (Wildman–Crippen MR) is 83.6 cm³/mol. The first kappa shape index (κ1) is 16.0. The molecule has 1 N–H and O–H groups in total. The lowest BCUT2D eigenvalue weighted by atomic mass is 9.83. The minimum Gasteiger partial charge on any atom is -0.377 e. The maximum atomic E-state index is 12.3. The van der Waals surface area contributed by atoms with Crippen LogP contribution < -0.4 is 0 Å². The van der Waals surface area contributed by atoms with Crippen molar-refractivity contribution in [2.75, 3.05) is 0 Å². The van der Waals surface area contributed by atoms with Gasteiger partial charge in [0.05, 0.1) is 0 Å². The second-order valence-corrected chi connectivity index (χ2v) is 5.63. The van der Waals surface area contributed by atoms with Gasteiger partial charge in [-0.2, -0.15) is 0 Å². The third-order valence-corrected chi connectivity index (χ3v) is 3.97. The molecular weight excluding hydrogens is 309 g/mol. The summed E-state index contributed by atoms with van der Waals surface area (Å²) in [4.78, 5) is 16.2. The van der Waals surface area contributed by atoms with E-state index in [2.05, 4.69) is 4.98 Å². The van der Waals surface area contributed by atoms with Crippen LogP contribution in [0.25, 0.3) is 0 Å². The van der Waals surface area contributed by atoms with Crippen molar-refractivity contribution in [3.63, 3.8) is 0 Å². The molecule has 0 bridgehead atoms. The molecule has 21 heavy (non-hydrogen) atoms. The molecule has 0 amide bonds. The number of benzene rings is 1. The van der Waals surface area contributed by atoms with Crippen LogP contribution in [0.4, 0.5) is 0 Å². The van der Waals surface area contributed by atoms with Gasteiger partial charge in [0, 0.05) is 40.8 Å². The summed E-state index contributed by atoms with van der Waals surface area (Å²) >= 11 is 12.0. The topological polar surface area (TPSA) is 50.2 Å². The quantitative estimate of drug-likeness (QED) is 0.910. The Hall–Kier alpha value is -1.42. The Morgan fingerprint density at radius 2 is 2.10 bits per heavy atom. The van der Waals surface area contributed by atoms with Gasteiger partial charge in [-0.05, 0) is 23.8 Å². The first-order valence-electron chi connectivity index (χ1n) is 6.57. The average Bonchev–Trinajstić information content (AvgIpc) is 2.50. The van der Waals surface area contributed by atoms with Gasteiger partial charge in [-0.15, -0.1) is 0 Å². The van der Waals surface area contributed by atoms with Crippen molar-refractivity contribution in [3.05, 3.63) is 63.9 Å². The molecule has 110 valence electrons. The number of Topliss-reactive ketones (excluding diaryl/α,β-unsaturated/α-hetero) is 1. The fourth-order valence-corrected chi connectivity index (χ4v) is 2.68.